The molecule has 1 N–H and O–H groups in total. The molecule has 1 atom stereocenters. The summed E-state index contributed by atoms with van der Waals surface area (Å²) in [5.41, 5.74) is 2.43. The molecule has 2 heterocycles. The van der Waals surface area contributed by atoms with Crippen molar-refractivity contribution in [1.82, 2.24) is 9.97 Å². The molecule has 0 radical (unpaired) electrons. The average molecular weight is 281 g/mol. The van der Waals surface area contributed by atoms with Crippen LogP contribution in [0.1, 0.15) is 15.6 Å². The number of hydrogen-bond acceptors (Lipinski definition) is 6. The number of aryl methyl sites for hydroxylation is 1. The van der Waals surface area contributed by atoms with Crippen LogP contribution in [0.4, 0.5) is 0 Å². The minimum Gasteiger partial charge on any atom is -0.480 e. The lowest BCUT2D eigenvalue weighted by Gasteiger charge is -2.04. The van der Waals surface area contributed by atoms with Gasteiger partial charge in [0.1, 0.15) is 5.01 Å². The van der Waals surface area contributed by atoms with Crippen molar-refractivity contribution in [1.29, 1.82) is 0 Å². The SMILES string of the molecule is Cc1cnc(C=NC(Cc2cscn2)C(=O)O)s1. The van der Waals surface area contributed by atoms with E-state index in [-0.39, 0.29) is 0 Å². The van der Waals surface area contributed by atoms with Gasteiger partial charge in [0.2, 0.25) is 0 Å². The molecule has 18 heavy (non-hydrogen) atoms. The van der Waals surface area contributed by atoms with Gasteiger partial charge in [0, 0.05) is 22.9 Å². The molecule has 2 aromatic heterocycles. The Bertz CT molecular complexity index is 548. The Hall–Kier alpha value is -1.60. The highest BCUT2D eigenvalue weighted by Gasteiger charge is 2.17. The molecule has 0 amide bonds. The number of aliphatic imine (C=N–C) groups is 1. The Balaban J connectivity index is 2.06. The number of aromatic nitrogens is 2. The van der Waals surface area contributed by atoms with Crippen molar-refractivity contribution >= 4 is 34.9 Å². The van der Waals surface area contributed by atoms with Gasteiger partial charge in [-0.25, -0.2) is 14.8 Å². The first kappa shape index (κ1) is 12.8. The summed E-state index contributed by atoms with van der Waals surface area (Å²) >= 11 is 2.93. The minimum absolute atomic E-state index is 0.305. The summed E-state index contributed by atoms with van der Waals surface area (Å²) in [4.78, 5) is 24.4. The fraction of sp³-hybridized carbons (Fsp3) is 0.273. The van der Waals surface area contributed by atoms with E-state index in [0.717, 1.165) is 15.6 Å². The first-order valence-electron chi connectivity index (χ1n) is 5.20. The summed E-state index contributed by atoms with van der Waals surface area (Å²) in [6, 6.07) is -0.809. The zero-order valence-corrected chi connectivity index (χ0v) is 11.2. The summed E-state index contributed by atoms with van der Waals surface area (Å²) in [5.74, 6) is -0.951. The summed E-state index contributed by atoms with van der Waals surface area (Å²) in [6.07, 6.45) is 3.56. The van der Waals surface area contributed by atoms with Gasteiger partial charge in [-0.3, -0.25) is 4.99 Å². The Labute approximate surface area is 112 Å². The molecule has 0 fully saturated rings. The smallest absolute Gasteiger partial charge is 0.328 e. The second-order valence-electron chi connectivity index (χ2n) is 3.63. The molecule has 2 rings (SSSR count). The quantitative estimate of drug-likeness (QED) is 0.851. The van der Waals surface area contributed by atoms with Crippen LogP contribution in [0.25, 0.3) is 0 Å². The third-order valence-corrected chi connectivity index (χ3v) is 3.66. The van der Waals surface area contributed by atoms with Crippen molar-refractivity contribution in [3.8, 4) is 0 Å². The number of hydrogen-bond donors (Lipinski definition) is 1. The van der Waals surface area contributed by atoms with Crippen molar-refractivity contribution in [2.45, 2.75) is 19.4 Å². The average Bonchev–Trinajstić information content (AvgIpc) is 2.95. The molecular weight excluding hydrogens is 270 g/mol. The lowest BCUT2D eigenvalue weighted by Crippen LogP contribution is -2.21. The molecular formula is C11H11N3O2S2. The number of rotatable bonds is 5. The Morgan fingerprint density at radius 2 is 2.44 bits per heavy atom. The van der Waals surface area contributed by atoms with E-state index < -0.39 is 12.0 Å². The molecule has 0 saturated carbocycles. The first-order chi connectivity index (χ1) is 8.65. The third kappa shape index (κ3) is 3.44. The van der Waals surface area contributed by atoms with Crippen LogP contribution in [0.3, 0.4) is 0 Å². The molecule has 0 aromatic carbocycles. The van der Waals surface area contributed by atoms with Crippen LogP contribution in [-0.2, 0) is 11.2 Å². The topological polar surface area (TPSA) is 75.4 Å². The molecule has 0 saturated heterocycles. The van der Waals surface area contributed by atoms with Crippen LogP contribution >= 0.6 is 22.7 Å². The molecule has 2 aromatic rings. The summed E-state index contributed by atoms with van der Waals surface area (Å²) in [5, 5.41) is 11.7. The lowest BCUT2D eigenvalue weighted by molar-refractivity contribution is -0.138. The van der Waals surface area contributed by atoms with Crippen molar-refractivity contribution in [2.75, 3.05) is 0 Å². The largest absolute Gasteiger partial charge is 0.480 e. The van der Waals surface area contributed by atoms with E-state index >= 15 is 0 Å². The lowest BCUT2D eigenvalue weighted by atomic mass is 10.2. The number of thiazole rings is 2. The van der Waals surface area contributed by atoms with Gasteiger partial charge >= 0.3 is 5.97 Å². The molecule has 0 spiro atoms. The zero-order valence-electron chi connectivity index (χ0n) is 9.61. The minimum atomic E-state index is -0.951. The highest BCUT2D eigenvalue weighted by Crippen LogP contribution is 2.10. The number of carbonyl (C=O) groups is 1. The first-order valence-corrected chi connectivity index (χ1v) is 6.96. The predicted molar refractivity (Wildman–Crippen MR) is 71.7 cm³/mol. The van der Waals surface area contributed by atoms with E-state index in [0.29, 0.717) is 6.42 Å². The maximum Gasteiger partial charge on any atom is 0.328 e. The Morgan fingerprint density at radius 1 is 1.61 bits per heavy atom. The molecule has 5 nitrogen and oxygen atoms in total. The van der Waals surface area contributed by atoms with E-state index in [1.165, 1.54) is 28.9 Å². The summed E-state index contributed by atoms with van der Waals surface area (Å²) in [7, 11) is 0. The van der Waals surface area contributed by atoms with E-state index in [4.69, 9.17) is 5.11 Å². The van der Waals surface area contributed by atoms with E-state index in [1.54, 1.807) is 11.7 Å². The molecule has 0 bridgehead atoms. The zero-order chi connectivity index (χ0) is 13.0. The van der Waals surface area contributed by atoms with Crippen molar-refractivity contribution in [3.05, 3.63) is 32.7 Å². The van der Waals surface area contributed by atoms with Crippen molar-refractivity contribution < 1.29 is 9.90 Å². The van der Waals surface area contributed by atoms with Gasteiger partial charge in [-0.05, 0) is 6.92 Å². The molecule has 0 aliphatic carbocycles. The van der Waals surface area contributed by atoms with Gasteiger partial charge in [-0.15, -0.1) is 22.7 Å². The number of carboxylic acids is 1. The van der Waals surface area contributed by atoms with Gasteiger partial charge in [0.15, 0.2) is 6.04 Å². The van der Waals surface area contributed by atoms with Crippen LogP contribution in [0.5, 0.6) is 0 Å². The maximum atomic E-state index is 11.1. The van der Waals surface area contributed by atoms with Gasteiger partial charge in [0.05, 0.1) is 17.4 Å². The predicted octanol–water partition coefficient (Wildman–Crippen LogP) is 2.02. The molecule has 7 heteroatoms. The molecule has 94 valence electrons. The molecule has 0 aliphatic heterocycles. The standard InChI is InChI=1S/C11H11N3O2S2/c1-7-3-13-10(18-7)4-12-9(11(15)16)2-8-5-17-6-14-8/h3-6,9H,2H2,1H3,(H,15,16). The van der Waals surface area contributed by atoms with Crippen molar-refractivity contribution in [3.63, 3.8) is 0 Å². The number of aliphatic carboxylic acids is 1. The number of carboxylic acid groups (broad SMARTS) is 1. The van der Waals surface area contributed by atoms with Crippen LogP contribution in [-0.4, -0.2) is 33.3 Å². The summed E-state index contributed by atoms with van der Waals surface area (Å²) in [6.45, 7) is 1.94. The fourth-order valence-electron chi connectivity index (χ4n) is 1.33. The molecule has 1 unspecified atom stereocenters. The summed E-state index contributed by atoms with van der Waals surface area (Å²) < 4.78 is 0. The Kier molecular flexibility index (Phi) is 4.16. The van der Waals surface area contributed by atoms with Crippen LogP contribution in [0.15, 0.2) is 22.1 Å². The van der Waals surface area contributed by atoms with Crippen LogP contribution in [0.2, 0.25) is 0 Å². The normalized spacial score (nSPS) is 12.9. The fourth-order valence-corrected chi connectivity index (χ4v) is 2.55. The van der Waals surface area contributed by atoms with Gasteiger partial charge in [-0.1, -0.05) is 0 Å². The second-order valence-corrected chi connectivity index (χ2v) is 5.61. The number of nitrogens with zero attached hydrogens (tertiary/aromatic N) is 3. The van der Waals surface area contributed by atoms with E-state index in [9.17, 15) is 4.79 Å². The monoisotopic (exact) mass is 281 g/mol. The second kappa shape index (κ2) is 5.83. The van der Waals surface area contributed by atoms with E-state index in [1.807, 2.05) is 12.3 Å². The van der Waals surface area contributed by atoms with Gasteiger partial charge < -0.3 is 5.11 Å². The van der Waals surface area contributed by atoms with Gasteiger partial charge in [0.25, 0.3) is 0 Å². The van der Waals surface area contributed by atoms with Crippen molar-refractivity contribution in [2.24, 2.45) is 4.99 Å². The van der Waals surface area contributed by atoms with Crippen LogP contribution in [0, 0.1) is 6.92 Å². The Morgan fingerprint density at radius 3 is 3.00 bits per heavy atom. The third-order valence-electron chi connectivity index (χ3n) is 2.18. The molecule has 0 aliphatic rings. The highest BCUT2D eigenvalue weighted by atomic mass is 32.1. The highest BCUT2D eigenvalue weighted by molar-refractivity contribution is 7.13. The van der Waals surface area contributed by atoms with E-state index in [2.05, 4.69) is 15.0 Å². The maximum absolute atomic E-state index is 11.1. The van der Waals surface area contributed by atoms with Crippen LogP contribution < -0.4 is 0 Å². The van der Waals surface area contributed by atoms with Gasteiger partial charge in [-0.2, -0.15) is 0 Å².